The fraction of sp³-hybridized carbons (Fsp3) is 0.304. The van der Waals surface area contributed by atoms with Crippen molar-refractivity contribution in [3.05, 3.63) is 58.6 Å². The van der Waals surface area contributed by atoms with Gasteiger partial charge in [-0.1, -0.05) is 41.6 Å². The Labute approximate surface area is 176 Å². The summed E-state index contributed by atoms with van der Waals surface area (Å²) in [7, 11) is 0. The van der Waals surface area contributed by atoms with Crippen LogP contribution in [-0.2, 0) is 9.59 Å². The molecule has 0 spiro atoms. The van der Waals surface area contributed by atoms with E-state index in [0.717, 1.165) is 11.3 Å². The van der Waals surface area contributed by atoms with E-state index in [4.69, 9.17) is 16.3 Å². The van der Waals surface area contributed by atoms with Crippen LogP contribution in [0.15, 0.2) is 42.5 Å². The van der Waals surface area contributed by atoms with Gasteiger partial charge in [0.2, 0.25) is 11.8 Å². The molecule has 0 bridgehead atoms. The first-order valence-corrected chi connectivity index (χ1v) is 9.82. The summed E-state index contributed by atoms with van der Waals surface area (Å²) in [6, 6.07) is 13.1. The predicted molar refractivity (Wildman–Crippen MR) is 114 cm³/mol. The predicted octanol–water partition coefficient (Wildman–Crippen LogP) is 3.51. The minimum atomic E-state index is -0.370. The summed E-state index contributed by atoms with van der Waals surface area (Å²) < 4.78 is 5.47. The molecule has 5 nitrogen and oxygen atoms in total. The van der Waals surface area contributed by atoms with Crippen LogP contribution in [0.5, 0.6) is 5.75 Å². The topological polar surface area (TPSA) is 58.6 Å². The second-order valence-electron chi connectivity index (χ2n) is 6.96. The van der Waals surface area contributed by atoms with Gasteiger partial charge in [-0.15, -0.1) is 0 Å². The van der Waals surface area contributed by atoms with Crippen molar-refractivity contribution in [2.75, 3.05) is 24.6 Å². The van der Waals surface area contributed by atoms with E-state index >= 15 is 0 Å². The van der Waals surface area contributed by atoms with E-state index in [-0.39, 0.29) is 37.3 Å². The number of amides is 2. The van der Waals surface area contributed by atoms with Crippen molar-refractivity contribution in [2.45, 2.75) is 20.3 Å². The summed E-state index contributed by atoms with van der Waals surface area (Å²) >= 11 is 6.00. The molecule has 0 aliphatic carbocycles. The number of ether oxygens (including phenoxy) is 1. The van der Waals surface area contributed by atoms with Crippen LogP contribution in [0, 0.1) is 31.6 Å². The Morgan fingerprint density at radius 1 is 1.21 bits per heavy atom. The Morgan fingerprint density at radius 3 is 2.76 bits per heavy atom. The van der Waals surface area contributed by atoms with E-state index in [0.29, 0.717) is 17.3 Å². The maximum absolute atomic E-state index is 12.4. The zero-order valence-electron chi connectivity index (χ0n) is 16.5. The van der Waals surface area contributed by atoms with Crippen LogP contribution in [0.2, 0.25) is 5.02 Å². The Hall–Kier alpha value is -2.97. The molecule has 3 rings (SSSR count). The van der Waals surface area contributed by atoms with Crippen molar-refractivity contribution in [2.24, 2.45) is 5.92 Å². The van der Waals surface area contributed by atoms with E-state index in [9.17, 15) is 9.59 Å². The second-order valence-corrected chi connectivity index (χ2v) is 7.37. The highest BCUT2D eigenvalue weighted by atomic mass is 35.5. The third-order valence-corrected chi connectivity index (χ3v) is 5.22. The molecular formula is C23H23ClN2O3. The first-order valence-electron chi connectivity index (χ1n) is 9.44. The lowest BCUT2D eigenvalue weighted by Crippen LogP contribution is -2.33. The number of benzene rings is 2. The van der Waals surface area contributed by atoms with E-state index in [1.807, 2.05) is 44.2 Å². The van der Waals surface area contributed by atoms with Gasteiger partial charge in [-0.2, -0.15) is 0 Å². The maximum atomic E-state index is 12.4. The lowest BCUT2D eigenvalue weighted by molar-refractivity contribution is -0.126. The Bertz CT molecular complexity index is 978. The quantitative estimate of drug-likeness (QED) is 0.767. The minimum Gasteiger partial charge on any atom is -0.479 e. The molecule has 1 N–H and O–H groups in total. The van der Waals surface area contributed by atoms with Gasteiger partial charge in [0, 0.05) is 18.7 Å². The Morgan fingerprint density at radius 2 is 2.00 bits per heavy atom. The number of nitrogens with one attached hydrogen (secondary N) is 1. The van der Waals surface area contributed by atoms with Crippen LogP contribution in [0.25, 0.3) is 0 Å². The number of para-hydroxylation sites is 1. The molecule has 2 amide bonds. The second kappa shape index (κ2) is 9.49. The van der Waals surface area contributed by atoms with Gasteiger partial charge in [-0.25, -0.2) is 0 Å². The molecule has 1 aliphatic heterocycles. The van der Waals surface area contributed by atoms with Crippen molar-refractivity contribution in [3.8, 4) is 17.6 Å². The molecule has 2 aromatic carbocycles. The molecule has 150 valence electrons. The molecule has 1 saturated heterocycles. The number of anilines is 1. The van der Waals surface area contributed by atoms with E-state index in [1.54, 1.807) is 17.0 Å². The molecule has 0 aromatic heterocycles. The smallest absolute Gasteiger partial charge is 0.227 e. The number of halogens is 1. The zero-order chi connectivity index (χ0) is 20.8. The fourth-order valence-corrected chi connectivity index (χ4v) is 3.28. The molecule has 1 fully saturated rings. The van der Waals surface area contributed by atoms with Crippen molar-refractivity contribution in [1.29, 1.82) is 0 Å². The lowest BCUT2D eigenvalue weighted by Gasteiger charge is -2.17. The average molecular weight is 411 g/mol. The fourth-order valence-electron chi connectivity index (χ4n) is 3.09. The number of carbonyl (C=O) groups is 2. The largest absolute Gasteiger partial charge is 0.479 e. The molecule has 1 atom stereocenters. The molecule has 29 heavy (non-hydrogen) atoms. The number of hydrogen-bond donors (Lipinski definition) is 1. The first kappa shape index (κ1) is 20.8. The molecular weight excluding hydrogens is 388 g/mol. The molecule has 1 heterocycles. The highest BCUT2D eigenvalue weighted by Crippen LogP contribution is 2.27. The summed E-state index contributed by atoms with van der Waals surface area (Å²) in [6.07, 6.45) is 0.210. The summed E-state index contributed by atoms with van der Waals surface area (Å²) in [5.74, 6) is 5.69. The SMILES string of the molecule is Cc1ccc(N2CC(C(=O)NCC#CCOc3ccccc3Cl)CC2=O)cc1C. The van der Waals surface area contributed by atoms with Crippen LogP contribution in [-0.4, -0.2) is 31.5 Å². The van der Waals surface area contributed by atoms with Crippen LogP contribution in [0.3, 0.4) is 0 Å². The highest BCUT2D eigenvalue weighted by molar-refractivity contribution is 6.32. The number of hydrogen-bond acceptors (Lipinski definition) is 3. The molecule has 0 saturated carbocycles. The monoisotopic (exact) mass is 410 g/mol. The maximum Gasteiger partial charge on any atom is 0.227 e. The van der Waals surface area contributed by atoms with Gasteiger partial charge in [-0.05, 0) is 49.2 Å². The van der Waals surface area contributed by atoms with E-state index in [2.05, 4.69) is 17.2 Å². The Kier molecular flexibility index (Phi) is 6.79. The van der Waals surface area contributed by atoms with Crippen LogP contribution in [0.1, 0.15) is 17.5 Å². The minimum absolute atomic E-state index is 0.0346. The highest BCUT2D eigenvalue weighted by Gasteiger charge is 2.34. The van der Waals surface area contributed by atoms with Crippen molar-refractivity contribution in [1.82, 2.24) is 5.32 Å². The zero-order valence-corrected chi connectivity index (χ0v) is 17.3. The summed E-state index contributed by atoms with van der Waals surface area (Å²) in [5.41, 5.74) is 3.13. The van der Waals surface area contributed by atoms with Crippen LogP contribution in [0.4, 0.5) is 5.69 Å². The third kappa shape index (κ3) is 5.30. The molecule has 1 unspecified atom stereocenters. The van der Waals surface area contributed by atoms with Crippen molar-refractivity contribution < 1.29 is 14.3 Å². The lowest BCUT2D eigenvalue weighted by atomic mass is 10.1. The van der Waals surface area contributed by atoms with Crippen LogP contribution >= 0.6 is 11.6 Å². The molecule has 0 radical (unpaired) electrons. The third-order valence-electron chi connectivity index (χ3n) is 4.91. The normalized spacial score (nSPS) is 15.6. The number of carbonyl (C=O) groups excluding carboxylic acids is 2. The van der Waals surface area contributed by atoms with Gasteiger partial charge in [0.25, 0.3) is 0 Å². The molecule has 6 heteroatoms. The van der Waals surface area contributed by atoms with Crippen molar-refractivity contribution in [3.63, 3.8) is 0 Å². The van der Waals surface area contributed by atoms with Crippen LogP contribution < -0.4 is 15.0 Å². The van der Waals surface area contributed by atoms with Crippen molar-refractivity contribution >= 4 is 29.1 Å². The Balaban J connectivity index is 1.46. The van der Waals surface area contributed by atoms with E-state index in [1.165, 1.54) is 5.56 Å². The van der Waals surface area contributed by atoms with Gasteiger partial charge < -0.3 is 15.0 Å². The standard InChI is InChI=1S/C23H23ClN2O3/c1-16-9-10-19(13-17(16)2)26-15-18(14-22(26)27)23(28)25-11-5-6-12-29-21-8-4-3-7-20(21)24/h3-4,7-10,13,18H,11-12,14-15H2,1-2H3,(H,25,28). The summed E-state index contributed by atoms with van der Waals surface area (Å²) in [5, 5.41) is 3.30. The summed E-state index contributed by atoms with van der Waals surface area (Å²) in [4.78, 5) is 26.4. The van der Waals surface area contributed by atoms with Gasteiger partial charge in [0.15, 0.2) is 0 Å². The molecule has 1 aliphatic rings. The van der Waals surface area contributed by atoms with Gasteiger partial charge in [-0.3, -0.25) is 9.59 Å². The first-order chi connectivity index (χ1) is 14.0. The molecule has 2 aromatic rings. The van der Waals surface area contributed by atoms with Gasteiger partial charge >= 0.3 is 0 Å². The number of aryl methyl sites for hydroxylation is 2. The number of rotatable bonds is 5. The van der Waals surface area contributed by atoms with Gasteiger partial charge in [0.05, 0.1) is 17.5 Å². The van der Waals surface area contributed by atoms with Gasteiger partial charge in [0.1, 0.15) is 12.4 Å². The average Bonchev–Trinajstić information content (AvgIpc) is 3.09. The number of nitrogens with zero attached hydrogens (tertiary/aromatic N) is 1. The summed E-state index contributed by atoms with van der Waals surface area (Å²) in [6.45, 7) is 4.82. The van der Waals surface area contributed by atoms with E-state index < -0.39 is 0 Å².